The fraction of sp³-hybridized carbons (Fsp3) is 0.765. The van der Waals surface area contributed by atoms with Gasteiger partial charge < -0.3 is 29.6 Å². The van der Waals surface area contributed by atoms with Crippen LogP contribution in [0.5, 0.6) is 0 Å². The van der Waals surface area contributed by atoms with Crippen molar-refractivity contribution in [3.05, 3.63) is 36.5 Å². The van der Waals surface area contributed by atoms with Crippen LogP contribution < -0.4 is 10.2 Å². The first-order valence-electron chi connectivity index (χ1n) is 16.6. The summed E-state index contributed by atoms with van der Waals surface area (Å²) in [6.45, 7) is 0. The van der Waals surface area contributed by atoms with Gasteiger partial charge >= 0.3 is 30.6 Å². The van der Waals surface area contributed by atoms with Gasteiger partial charge in [-0.15, -0.1) is 0 Å². The van der Waals surface area contributed by atoms with Crippen LogP contribution in [0.2, 0.25) is 0 Å². The quantitative estimate of drug-likeness (QED) is 0.0365. The van der Waals surface area contributed by atoms with Crippen molar-refractivity contribution >= 4 is 42.6 Å². The number of aliphatic carboxylic acids is 2. The van der Waals surface area contributed by atoms with Crippen LogP contribution >= 0.6 is 7.60 Å². The molecule has 2 N–H and O–H groups in total. The van der Waals surface area contributed by atoms with E-state index in [2.05, 4.69) is 36.5 Å². The monoisotopic (exact) mass is 634 g/mol. The number of carbonyl (C=O) groups excluding carboxylic acids is 2. The number of carbonyl (C=O) groups is 2. The molecule has 244 valence electrons. The second kappa shape index (κ2) is 32.5. The molecule has 0 bridgehead atoms. The molecule has 0 rings (SSSR count). The smallest absolute Gasteiger partial charge is 0.550 e. The minimum atomic E-state index is -3.84. The van der Waals surface area contributed by atoms with Crippen molar-refractivity contribution in [2.24, 2.45) is 5.92 Å². The zero-order valence-corrected chi connectivity index (χ0v) is 29.1. The minimum Gasteiger partial charge on any atom is -0.550 e. The van der Waals surface area contributed by atoms with Crippen molar-refractivity contribution in [1.82, 2.24) is 0 Å². The molecule has 0 aliphatic carbocycles. The third-order valence-electron chi connectivity index (χ3n) is 7.52. The van der Waals surface area contributed by atoms with Gasteiger partial charge in [-0.1, -0.05) is 101 Å². The summed E-state index contributed by atoms with van der Waals surface area (Å²) in [5.41, 5.74) is 0. The van der Waals surface area contributed by atoms with E-state index in [0.29, 0.717) is 6.42 Å². The number of carboxylic acids is 2. The van der Waals surface area contributed by atoms with Gasteiger partial charge in [-0.2, -0.15) is 0 Å². The van der Waals surface area contributed by atoms with Crippen LogP contribution in [-0.4, -0.2) is 50.9 Å². The SMILES string of the molecule is O=C([O-])CCCCCCC/C=C\CCCCCCC(CCCCCC/C=C\C/C=C\CCCCCP(=O)(O)O)C(=O)[O-].[Mg+2]. The zero-order valence-electron chi connectivity index (χ0n) is 26.8. The van der Waals surface area contributed by atoms with E-state index in [1.807, 2.05) is 0 Å². The van der Waals surface area contributed by atoms with Crippen LogP contribution in [0.15, 0.2) is 36.5 Å². The molecule has 0 fully saturated rings. The molecule has 0 aliphatic rings. The van der Waals surface area contributed by atoms with Gasteiger partial charge in [0.05, 0.1) is 0 Å². The van der Waals surface area contributed by atoms with E-state index in [4.69, 9.17) is 9.79 Å². The molecule has 0 heterocycles. The Morgan fingerprint density at radius 3 is 1.35 bits per heavy atom. The number of allylic oxidation sites excluding steroid dienone is 6. The maximum atomic E-state index is 11.5. The summed E-state index contributed by atoms with van der Waals surface area (Å²) in [7, 11) is -3.84. The van der Waals surface area contributed by atoms with Crippen LogP contribution in [0.1, 0.15) is 154 Å². The topological polar surface area (TPSA) is 138 Å². The summed E-state index contributed by atoms with van der Waals surface area (Å²) in [4.78, 5) is 39.5. The Labute approximate surface area is 278 Å². The predicted octanol–water partition coefficient (Wildman–Crippen LogP) is 6.93. The Kier molecular flexibility index (Phi) is 33.4. The molecule has 0 aromatic heterocycles. The van der Waals surface area contributed by atoms with E-state index in [1.54, 1.807) is 0 Å². The van der Waals surface area contributed by atoms with E-state index >= 15 is 0 Å². The Balaban J connectivity index is 0. The second-order valence-electron chi connectivity index (χ2n) is 11.6. The summed E-state index contributed by atoms with van der Waals surface area (Å²) in [5, 5.41) is 21.9. The molecule has 0 aromatic carbocycles. The number of hydrogen-bond donors (Lipinski definition) is 2. The van der Waals surface area contributed by atoms with Gasteiger partial charge in [0, 0.05) is 18.1 Å². The maximum Gasteiger partial charge on any atom is 2.00 e. The summed E-state index contributed by atoms with van der Waals surface area (Å²) >= 11 is 0. The predicted molar refractivity (Wildman–Crippen MR) is 174 cm³/mol. The van der Waals surface area contributed by atoms with Gasteiger partial charge in [0.2, 0.25) is 0 Å². The fourth-order valence-electron chi connectivity index (χ4n) is 4.95. The average Bonchev–Trinajstić information content (AvgIpc) is 2.92. The molecule has 43 heavy (non-hydrogen) atoms. The van der Waals surface area contributed by atoms with Crippen molar-refractivity contribution in [2.45, 2.75) is 154 Å². The molecule has 0 amide bonds. The molecular weight excluding hydrogens is 576 g/mol. The van der Waals surface area contributed by atoms with Crippen LogP contribution in [0.4, 0.5) is 0 Å². The standard InChI is InChI=1S/C34H61O7P.Mg/c35-33(36)30-26-22-18-14-10-6-3-5-9-13-17-21-25-29-32(34(37)38)28-24-20-16-12-8-4-1-2-7-11-15-19-23-27-31-42(39,40)41;/h1,3-5,7,11,32H,2,6,8-10,12-31H2,(H,35,36)(H,37,38)(H2,39,40,41);/q;+2/p-2/b4-1-,5-3-,11-7-;. The Hall–Kier alpha value is -0.924. The average molecular weight is 635 g/mol. The van der Waals surface area contributed by atoms with E-state index in [0.717, 1.165) is 141 Å². The van der Waals surface area contributed by atoms with Gasteiger partial charge in [-0.05, 0) is 95.8 Å². The number of unbranched alkanes of at least 4 members (excludes halogenated alkanes) is 16. The molecule has 0 aliphatic heterocycles. The van der Waals surface area contributed by atoms with Crippen LogP contribution in [0, 0.1) is 5.92 Å². The van der Waals surface area contributed by atoms with Gasteiger partial charge in [0.15, 0.2) is 0 Å². The molecule has 0 saturated carbocycles. The fourth-order valence-corrected chi connectivity index (χ4v) is 5.59. The van der Waals surface area contributed by atoms with Crippen molar-refractivity contribution < 1.29 is 34.2 Å². The number of rotatable bonds is 31. The van der Waals surface area contributed by atoms with Crippen LogP contribution in [0.3, 0.4) is 0 Å². The molecule has 0 radical (unpaired) electrons. The minimum absolute atomic E-state index is 0. The van der Waals surface area contributed by atoms with Gasteiger partial charge in [-0.3, -0.25) is 4.57 Å². The Morgan fingerprint density at radius 2 is 0.930 bits per heavy atom. The molecule has 9 heteroatoms. The van der Waals surface area contributed by atoms with Gasteiger partial charge in [-0.25, -0.2) is 0 Å². The van der Waals surface area contributed by atoms with Crippen molar-refractivity contribution in [3.8, 4) is 0 Å². The third kappa shape index (κ3) is 37.2. The van der Waals surface area contributed by atoms with Crippen molar-refractivity contribution in [2.75, 3.05) is 6.16 Å². The van der Waals surface area contributed by atoms with Crippen molar-refractivity contribution in [3.63, 3.8) is 0 Å². The van der Waals surface area contributed by atoms with Crippen LogP contribution in [0.25, 0.3) is 0 Å². The summed E-state index contributed by atoms with van der Waals surface area (Å²) in [6.07, 6.45) is 35.8. The summed E-state index contributed by atoms with van der Waals surface area (Å²) < 4.78 is 10.8. The normalized spacial score (nSPS) is 12.8. The van der Waals surface area contributed by atoms with Crippen molar-refractivity contribution in [1.29, 1.82) is 0 Å². The van der Waals surface area contributed by atoms with E-state index in [-0.39, 0.29) is 41.6 Å². The summed E-state index contributed by atoms with van der Waals surface area (Å²) in [6, 6.07) is 0. The Morgan fingerprint density at radius 1 is 0.558 bits per heavy atom. The van der Waals surface area contributed by atoms with E-state index in [1.165, 1.54) is 0 Å². The third-order valence-corrected chi connectivity index (χ3v) is 8.42. The second-order valence-corrected chi connectivity index (χ2v) is 13.3. The first-order chi connectivity index (χ1) is 20.2. The van der Waals surface area contributed by atoms with Crippen LogP contribution in [-0.2, 0) is 14.2 Å². The molecule has 0 saturated heterocycles. The first kappa shape index (κ1) is 44.2. The first-order valence-corrected chi connectivity index (χ1v) is 18.4. The largest absolute Gasteiger partial charge is 2.00 e. The molecule has 1 atom stereocenters. The maximum absolute atomic E-state index is 11.5. The molecule has 0 aromatic rings. The molecular formula is C34H59MgO7P. The number of hydrogen-bond acceptors (Lipinski definition) is 5. The Bertz CT molecular complexity index is 792. The zero-order chi connectivity index (χ0) is 31.2. The summed E-state index contributed by atoms with van der Waals surface area (Å²) in [5.74, 6) is -2.16. The van der Waals surface area contributed by atoms with Gasteiger partial charge in [0.1, 0.15) is 0 Å². The van der Waals surface area contributed by atoms with E-state index in [9.17, 15) is 24.4 Å². The molecule has 0 spiro atoms. The molecule has 7 nitrogen and oxygen atoms in total. The van der Waals surface area contributed by atoms with Gasteiger partial charge in [0.25, 0.3) is 0 Å². The number of carboxylic acid groups (broad SMARTS) is 2. The molecule has 1 unspecified atom stereocenters. The van der Waals surface area contributed by atoms with E-state index < -0.39 is 19.5 Å².